The van der Waals surface area contributed by atoms with Crippen LogP contribution in [0.3, 0.4) is 0 Å². The van der Waals surface area contributed by atoms with Gasteiger partial charge in [0.1, 0.15) is 0 Å². The minimum Gasteiger partial charge on any atom is -0.481 e. The van der Waals surface area contributed by atoms with E-state index in [1.165, 1.54) is 32.1 Å². The fraction of sp³-hybridized carbons (Fsp3) is 0.875. The molecular formula is C16H31N3O3. The lowest BCUT2D eigenvalue weighted by Gasteiger charge is -2.30. The summed E-state index contributed by atoms with van der Waals surface area (Å²) in [5.41, 5.74) is 0. The fourth-order valence-corrected chi connectivity index (χ4v) is 2.82. The summed E-state index contributed by atoms with van der Waals surface area (Å²) in [7, 11) is 4.01. The van der Waals surface area contributed by atoms with E-state index in [-0.39, 0.29) is 12.5 Å². The summed E-state index contributed by atoms with van der Waals surface area (Å²) in [5.74, 6) is -0.207. The number of hydrogen-bond donors (Lipinski definition) is 2. The van der Waals surface area contributed by atoms with Crippen molar-refractivity contribution in [2.24, 2.45) is 5.92 Å². The van der Waals surface area contributed by atoms with E-state index < -0.39 is 5.97 Å². The molecule has 0 saturated heterocycles. The van der Waals surface area contributed by atoms with E-state index in [1.807, 2.05) is 19.0 Å². The Hall–Kier alpha value is -1.30. The second-order valence-corrected chi connectivity index (χ2v) is 6.48. The maximum Gasteiger partial charge on any atom is 0.317 e. The largest absolute Gasteiger partial charge is 0.481 e. The number of urea groups is 1. The molecule has 0 unspecified atom stereocenters. The highest BCUT2D eigenvalue weighted by molar-refractivity contribution is 5.74. The SMILES string of the molecule is CN(C)CCN(CC1CCCCC1)C(=O)NCCCC(=O)O. The molecule has 1 rings (SSSR count). The van der Waals surface area contributed by atoms with Crippen molar-refractivity contribution in [2.45, 2.75) is 44.9 Å². The number of hydrogen-bond acceptors (Lipinski definition) is 3. The molecule has 2 amide bonds. The highest BCUT2D eigenvalue weighted by Crippen LogP contribution is 2.24. The van der Waals surface area contributed by atoms with Gasteiger partial charge in [-0.15, -0.1) is 0 Å². The second kappa shape index (κ2) is 10.4. The summed E-state index contributed by atoms with van der Waals surface area (Å²) in [6.45, 7) is 2.80. The van der Waals surface area contributed by atoms with Crippen molar-refractivity contribution in [3.63, 3.8) is 0 Å². The van der Waals surface area contributed by atoms with Crippen molar-refractivity contribution < 1.29 is 14.7 Å². The quantitative estimate of drug-likeness (QED) is 0.639. The van der Waals surface area contributed by atoms with Crippen LogP contribution in [0, 0.1) is 5.92 Å². The summed E-state index contributed by atoms with van der Waals surface area (Å²) >= 11 is 0. The van der Waals surface area contributed by atoms with Crippen LogP contribution in [0.5, 0.6) is 0 Å². The van der Waals surface area contributed by atoms with Crippen molar-refractivity contribution in [2.75, 3.05) is 40.3 Å². The summed E-state index contributed by atoms with van der Waals surface area (Å²) in [6, 6.07) is -0.0576. The van der Waals surface area contributed by atoms with Crippen LogP contribution in [-0.2, 0) is 4.79 Å². The molecule has 128 valence electrons. The van der Waals surface area contributed by atoms with Gasteiger partial charge in [0.25, 0.3) is 0 Å². The van der Waals surface area contributed by atoms with Gasteiger partial charge >= 0.3 is 12.0 Å². The first-order valence-corrected chi connectivity index (χ1v) is 8.38. The third kappa shape index (κ3) is 8.22. The first-order valence-electron chi connectivity index (χ1n) is 8.38. The summed E-state index contributed by atoms with van der Waals surface area (Å²) < 4.78 is 0. The molecule has 0 spiro atoms. The minimum absolute atomic E-state index is 0.0576. The topological polar surface area (TPSA) is 72.9 Å². The normalized spacial score (nSPS) is 15.8. The molecule has 0 aliphatic heterocycles. The van der Waals surface area contributed by atoms with E-state index >= 15 is 0 Å². The Kier molecular flexibility index (Phi) is 8.89. The third-order valence-corrected chi connectivity index (χ3v) is 4.15. The van der Waals surface area contributed by atoms with Crippen LogP contribution in [0.1, 0.15) is 44.9 Å². The van der Waals surface area contributed by atoms with Crippen LogP contribution in [0.25, 0.3) is 0 Å². The Morgan fingerprint density at radius 2 is 1.82 bits per heavy atom. The molecule has 0 bridgehead atoms. The number of nitrogens with zero attached hydrogens (tertiary/aromatic N) is 2. The molecular weight excluding hydrogens is 282 g/mol. The second-order valence-electron chi connectivity index (χ2n) is 6.48. The van der Waals surface area contributed by atoms with Gasteiger partial charge < -0.3 is 20.2 Å². The molecule has 1 fully saturated rings. The van der Waals surface area contributed by atoms with Gasteiger partial charge in [0.2, 0.25) is 0 Å². The monoisotopic (exact) mass is 313 g/mol. The number of nitrogens with one attached hydrogen (secondary N) is 1. The number of aliphatic carboxylic acids is 1. The molecule has 0 aromatic heterocycles. The van der Waals surface area contributed by atoms with Gasteiger partial charge in [-0.3, -0.25) is 4.79 Å². The molecule has 2 N–H and O–H groups in total. The molecule has 0 heterocycles. The predicted octanol–water partition coefficient (Wildman–Crippen LogP) is 2.00. The molecule has 6 nitrogen and oxygen atoms in total. The number of likely N-dealkylation sites (N-methyl/N-ethyl adjacent to an activating group) is 1. The smallest absolute Gasteiger partial charge is 0.317 e. The zero-order chi connectivity index (χ0) is 16.4. The number of rotatable bonds is 9. The van der Waals surface area contributed by atoms with Gasteiger partial charge in [-0.05, 0) is 39.3 Å². The van der Waals surface area contributed by atoms with Crippen LogP contribution in [0.15, 0.2) is 0 Å². The molecule has 1 aliphatic carbocycles. The molecule has 0 aromatic carbocycles. The Bertz CT molecular complexity index is 342. The van der Waals surface area contributed by atoms with Crippen LogP contribution in [0.4, 0.5) is 4.79 Å². The number of carboxylic acid groups (broad SMARTS) is 1. The van der Waals surface area contributed by atoms with E-state index in [1.54, 1.807) is 0 Å². The lowest BCUT2D eigenvalue weighted by atomic mass is 9.89. The molecule has 0 aromatic rings. The first kappa shape index (κ1) is 18.7. The van der Waals surface area contributed by atoms with E-state index in [2.05, 4.69) is 10.2 Å². The highest BCUT2D eigenvalue weighted by Gasteiger charge is 2.20. The lowest BCUT2D eigenvalue weighted by Crippen LogP contribution is -2.45. The summed E-state index contributed by atoms with van der Waals surface area (Å²) in [4.78, 5) is 26.8. The fourth-order valence-electron chi connectivity index (χ4n) is 2.82. The van der Waals surface area contributed by atoms with Crippen molar-refractivity contribution >= 4 is 12.0 Å². The summed E-state index contributed by atoms with van der Waals surface area (Å²) in [5, 5.41) is 11.5. The maximum atomic E-state index is 12.3. The Labute approximate surface area is 133 Å². The Balaban J connectivity index is 2.40. The van der Waals surface area contributed by atoms with Gasteiger partial charge in [-0.1, -0.05) is 19.3 Å². The van der Waals surface area contributed by atoms with Gasteiger partial charge in [0, 0.05) is 32.6 Å². The van der Waals surface area contributed by atoms with Crippen molar-refractivity contribution in [1.82, 2.24) is 15.1 Å². The molecule has 0 atom stereocenters. The zero-order valence-electron chi connectivity index (χ0n) is 14.0. The van der Waals surface area contributed by atoms with E-state index in [9.17, 15) is 9.59 Å². The minimum atomic E-state index is -0.819. The average molecular weight is 313 g/mol. The zero-order valence-corrected chi connectivity index (χ0v) is 14.0. The predicted molar refractivity (Wildman–Crippen MR) is 87.0 cm³/mol. The molecule has 1 saturated carbocycles. The first-order chi connectivity index (χ1) is 10.5. The third-order valence-electron chi connectivity index (χ3n) is 4.15. The highest BCUT2D eigenvalue weighted by atomic mass is 16.4. The molecule has 1 aliphatic rings. The number of carbonyl (C=O) groups is 2. The van der Waals surface area contributed by atoms with Crippen LogP contribution >= 0.6 is 0 Å². The van der Waals surface area contributed by atoms with Gasteiger partial charge in [0.15, 0.2) is 0 Å². The Morgan fingerprint density at radius 3 is 2.41 bits per heavy atom. The van der Waals surface area contributed by atoms with Gasteiger partial charge in [0.05, 0.1) is 0 Å². The lowest BCUT2D eigenvalue weighted by molar-refractivity contribution is -0.137. The maximum absolute atomic E-state index is 12.3. The van der Waals surface area contributed by atoms with Crippen LogP contribution in [0.2, 0.25) is 0 Å². The summed E-state index contributed by atoms with van der Waals surface area (Å²) in [6.07, 6.45) is 6.86. The van der Waals surface area contributed by atoms with Gasteiger partial charge in [-0.25, -0.2) is 4.79 Å². The average Bonchev–Trinajstić information content (AvgIpc) is 2.48. The van der Waals surface area contributed by atoms with E-state index in [4.69, 9.17) is 5.11 Å². The van der Waals surface area contributed by atoms with E-state index in [0.717, 1.165) is 13.1 Å². The van der Waals surface area contributed by atoms with Gasteiger partial charge in [-0.2, -0.15) is 0 Å². The van der Waals surface area contributed by atoms with Crippen molar-refractivity contribution in [1.29, 1.82) is 0 Å². The van der Waals surface area contributed by atoms with Crippen molar-refractivity contribution in [3.8, 4) is 0 Å². The number of amides is 2. The van der Waals surface area contributed by atoms with Crippen LogP contribution < -0.4 is 5.32 Å². The van der Waals surface area contributed by atoms with Crippen molar-refractivity contribution in [3.05, 3.63) is 0 Å². The van der Waals surface area contributed by atoms with Crippen LogP contribution in [-0.4, -0.2) is 67.2 Å². The molecule has 6 heteroatoms. The standard InChI is InChI=1S/C16H31N3O3/c1-18(2)11-12-19(13-14-7-4-3-5-8-14)16(22)17-10-6-9-15(20)21/h14H,3-13H2,1-2H3,(H,17,22)(H,20,21). The molecule has 0 radical (unpaired) electrons. The molecule has 22 heavy (non-hydrogen) atoms. The van der Waals surface area contributed by atoms with E-state index in [0.29, 0.717) is 25.4 Å². The number of carbonyl (C=O) groups excluding carboxylic acids is 1. The number of carboxylic acids is 1. The Morgan fingerprint density at radius 1 is 1.14 bits per heavy atom.